The van der Waals surface area contributed by atoms with Crippen molar-refractivity contribution in [2.75, 3.05) is 13.1 Å². The molecule has 3 aromatic carbocycles. The normalized spacial score (nSPS) is 14.9. The Balaban J connectivity index is 1.36. The van der Waals surface area contributed by atoms with Crippen molar-refractivity contribution in [2.24, 2.45) is 0 Å². The van der Waals surface area contributed by atoms with E-state index >= 15 is 0 Å². The first-order chi connectivity index (χ1) is 15.9. The first kappa shape index (κ1) is 23.1. The number of rotatable bonds is 7. The monoisotopic (exact) mass is 466 g/mol. The molecule has 1 aliphatic rings. The van der Waals surface area contributed by atoms with E-state index in [1.807, 2.05) is 42.5 Å². The number of nitrogens with one attached hydrogen (secondary N) is 1. The lowest BCUT2D eigenvalue weighted by Gasteiger charge is -2.32. The summed E-state index contributed by atoms with van der Waals surface area (Å²) >= 11 is 0. The van der Waals surface area contributed by atoms with Gasteiger partial charge in [-0.05, 0) is 67.1 Å². The smallest absolute Gasteiger partial charge is 0.254 e. The lowest BCUT2D eigenvalue weighted by atomic mass is 9.98. The molecule has 0 radical (unpaired) electrons. The van der Waals surface area contributed by atoms with E-state index in [0.717, 1.165) is 30.5 Å². The van der Waals surface area contributed by atoms with E-state index in [2.05, 4.69) is 16.9 Å². The molecule has 1 N–H and O–H groups in total. The second-order valence-corrected chi connectivity index (χ2v) is 10.00. The maximum atomic E-state index is 13.2. The van der Waals surface area contributed by atoms with Crippen molar-refractivity contribution < 1.29 is 17.6 Å². The van der Waals surface area contributed by atoms with E-state index in [9.17, 15) is 17.6 Å². The maximum Gasteiger partial charge on any atom is 0.254 e. The summed E-state index contributed by atoms with van der Waals surface area (Å²) < 4.78 is 40.9. The van der Waals surface area contributed by atoms with Crippen LogP contribution in [-0.2, 0) is 22.9 Å². The van der Waals surface area contributed by atoms with E-state index in [4.69, 9.17) is 0 Å². The van der Waals surface area contributed by atoms with E-state index in [-0.39, 0.29) is 16.8 Å². The Bertz CT molecular complexity index is 1190. The molecule has 0 spiro atoms. The number of hydrogen-bond acceptors (Lipinski definition) is 3. The van der Waals surface area contributed by atoms with Crippen LogP contribution in [0.25, 0.3) is 0 Å². The van der Waals surface area contributed by atoms with Gasteiger partial charge in [0.25, 0.3) is 5.91 Å². The first-order valence-corrected chi connectivity index (χ1v) is 12.6. The molecule has 33 heavy (non-hydrogen) atoms. The molecule has 7 heteroatoms. The fourth-order valence-electron chi connectivity index (χ4n) is 4.14. The van der Waals surface area contributed by atoms with Gasteiger partial charge in [0.05, 0.1) is 4.90 Å². The topological polar surface area (TPSA) is 66.5 Å². The van der Waals surface area contributed by atoms with Gasteiger partial charge in [0.2, 0.25) is 10.0 Å². The predicted octanol–water partition coefficient (Wildman–Crippen LogP) is 4.19. The molecule has 1 amide bonds. The molecule has 3 aromatic rings. The van der Waals surface area contributed by atoms with Gasteiger partial charge in [0, 0.05) is 24.7 Å². The van der Waals surface area contributed by atoms with Crippen LogP contribution >= 0.6 is 0 Å². The van der Waals surface area contributed by atoms with Gasteiger partial charge in [-0.25, -0.2) is 17.5 Å². The second-order valence-electron chi connectivity index (χ2n) is 8.28. The Morgan fingerprint density at radius 3 is 2.21 bits per heavy atom. The molecule has 0 atom stereocenters. The Kier molecular flexibility index (Phi) is 7.20. The molecule has 1 saturated heterocycles. The number of hydrogen-bond donors (Lipinski definition) is 1. The SMILES string of the molecule is O=C(c1ccccc1CCc1ccccc1)N1CCC(NS(=O)(=O)c2ccc(F)cc2)CC1. The Labute approximate surface area is 194 Å². The van der Waals surface area contributed by atoms with E-state index in [0.29, 0.717) is 31.5 Å². The lowest BCUT2D eigenvalue weighted by Crippen LogP contribution is -2.46. The molecule has 4 rings (SSSR count). The summed E-state index contributed by atoms with van der Waals surface area (Å²) in [7, 11) is -3.73. The van der Waals surface area contributed by atoms with Crippen LogP contribution in [0.15, 0.2) is 83.8 Å². The van der Waals surface area contributed by atoms with Crippen LogP contribution in [-0.4, -0.2) is 38.4 Å². The third kappa shape index (κ3) is 5.86. The number of amides is 1. The third-order valence-corrected chi connectivity index (χ3v) is 7.54. The van der Waals surface area contributed by atoms with Crippen LogP contribution in [0.2, 0.25) is 0 Å². The number of benzene rings is 3. The molecular formula is C26H27FN2O3S. The minimum Gasteiger partial charge on any atom is -0.339 e. The Hall–Kier alpha value is -3.03. The van der Waals surface area contributed by atoms with Crippen molar-refractivity contribution in [2.45, 2.75) is 36.6 Å². The highest BCUT2D eigenvalue weighted by Gasteiger charge is 2.28. The molecule has 0 aliphatic carbocycles. The number of carbonyl (C=O) groups is 1. The molecule has 0 unspecified atom stereocenters. The van der Waals surface area contributed by atoms with Crippen molar-refractivity contribution >= 4 is 15.9 Å². The minimum absolute atomic E-state index is 0.0153. The quantitative estimate of drug-likeness (QED) is 0.568. The van der Waals surface area contributed by atoms with Crippen LogP contribution < -0.4 is 4.72 Å². The van der Waals surface area contributed by atoms with Gasteiger partial charge >= 0.3 is 0 Å². The molecule has 1 heterocycles. The predicted molar refractivity (Wildman–Crippen MR) is 126 cm³/mol. The molecule has 1 aliphatic heterocycles. The molecule has 172 valence electrons. The maximum absolute atomic E-state index is 13.2. The van der Waals surface area contributed by atoms with Gasteiger partial charge in [-0.1, -0.05) is 48.5 Å². The Morgan fingerprint density at radius 2 is 1.52 bits per heavy atom. The lowest BCUT2D eigenvalue weighted by molar-refractivity contribution is 0.0710. The number of aryl methyl sites for hydroxylation is 2. The zero-order valence-electron chi connectivity index (χ0n) is 18.3. The average Bonchev–Trinajstić information content (AvgIpc) is 2.84. The van der Waals surface area contributed by atoms with Crippen molar-refractivity contribution in [3.63, 3.8) is 0 Å². The minimum atomic E-state index is -3.73. The third-order valence-electron chi connectivity index (χ3n) is 6.00. The van der Waals surface area contributed by atoms with Gasteiger partial charge < -0.3 is 4.90 Å². The highest BCUT2D eigenvalue weighted by atomic mass is 32.2. The van der Waals surface area contributed by atoms with Gasteiger partial charge in [-0.15, -0.1) is 0 Å². The van der Waals surface area contributed by atoms with Crippen LogP contribution in [0.5, 0.6) is 0 Å². The first-order valence-electron chi connectivity index (χ1n) is 11.1. The van der Waals surface area contributed by atoms with Crippen molar-refractivity contribution in [1.29, 1.82) is 0 Å². The fourth-order valence-corrected chi connectivity index (χ4v) is 5.45. The van der Waals surface area contributed by atoms with Gasteiger partial charge in [0.15, 0.2) is 0 Å². The zero-order valence-corrected chi connectivity index (χ0v) is 19.1. The molecular weight excluding hydrogens is 439 g/mol. The van der Waals surface area contributed by atoms with E-state index in [1.54, 1.807) is 4.90 Å². The van der Waals surface area contributed by atoms with Crippen LogP contribution in [0.4, 0.5) is 4.39 Å². The summed E-state index contributed by atoms with van der Waals surface area (Å²) in [5.41, 5.74) is 2.96. The van der Waals surface area contributed by atoms with Crippen molar-refractivity contribution in [1.82, 2.24) is 9.62 Å². The largest absolute Gasteiger partial charge is 0.339 e. The summed E-state index contributed by atoms with van der Waals surface area (Å²) in [5.74, 6) is -0.497. The van der Waals surface area contributed by atoms with Crippen LogP contribution in [0.1, 0.15) is 34.3 Å². The Morgan fingerprint density at radius 1 is 0.879 bits per heavy atom. The van der Waals surface area contributed by atoms with E-state index in [1.165, 1.54) is 17.7 Å². The summed E-state index contributed by atoms with van der Waals surface area (Å²) in [6.45, 7) is 0.949. The van der Waals surface area contributed by atoms with Crippen molar-refractivity contribution in [3.8, 4) is 0 Å². The number of nitrogens with zero attached hydrogens (tertiary/aromatic N) is 1. The fraction of sp³-hybridized carbons (Fsp3) is 0.269. The van der Waals surface area contributed by atoms with Crippen molar-refractivity contribution in [3.05, 3.63) is 101 Å². The van der Waals surface area contributed by atoms with Crippen LogP contribution in [0.3, 0.4) is 0 Å². The van der Waals surface area contributed by atoms with Crippen LogP contribution in [0, 0.1) is 5.82 Å². The number of carbonyl (C=O) groups excluding carboxylic acids is 1. The van der Waals surface area contributed by atoms with Gasteiger partial charge in [0.1, 0.15) is 5.82 Å². The zero-order chi connectivity index (χ0) is 23.3. The molecule has 5 nitrogen and oxygen atoms in total. The summed E-state index contributed by atoms with van der Waals surface area (Å²) in [4.78, 5) is 15.1. The summed E-state index contributed by atoms with van der Waals surface area (Å²) in [5, 5.41) is 0. The average molecular weight is 467 g/mol. The standard InChI is InChI=1S/C26H27FN2O3S/c27-22-12-14-24(15-13-22)33(31,32)28-23-16-18-29(19-17-23)26(30)25-9-5-4-8-21(25)11-10-20-6-2-1-3-7-20/h1-9,12-15,23,28H,10-11,16-19H2. The second kappa shape index (κ2) is 10.3. The molecule has 0 aromatic heterocycles. The van der Waals surface area contributed by atoms with E-state index < -0.39 is 15.8 Å². The molecule has 1 fully saturated rings. The number of likely N-dealkylation sites (tertiary alicyclic amines) is 1. The number of sulfonamides is 1. The highest BCUT2D eigenvalue weighted by Crippen LogP contribution is 2.20. The highest BCUT2D eigenvalue weighted by molar-refractivity contribution is 7.89. The van der Waals surface area contributed by atoms with Gasteiger partial charge in [-0.3, -0.25) is 4.79 Å². The number of halogens is 1. The number of piperidine rings is 1. The summed E-state index contributed by atoms with van der Waals surface area (Å²) in [6.07, 6.45) is 2.69. The molecule has 0 saturated carbocycles. The van der Waals surface area contributed by atoms with Gasteiger partial charge in [-0.2, -0.15) is 0 Å². The summed E-state index contributed by atoms with van der Waals surface area (Å²) in [6, 6.07) is 22.4. The molecule has 0 bridgehead atoms.